The van der Waals surface area contributed by atoms with Crippen LogP contribution in [-0.4, -0.2) is 26.9 Å². The summed E-state index contributed by atoms with van der Waals surface area (Å²) in [6.07, 6.45) is 0. The molecule has 0 aliphatic carbocycles. The minimum absolute atomic E-state index is 0.315. The van der Waals surface area contributed by atoms with Crippen LogP contribution in [0.25, 0.3) is 16.3 Å². The monoisotopic (exact) mass is 372 g/mol. The molecule has 4 aromatic rings. The zero-order chi connectivity index (χ0) is 17.2. The zero-order valence-corrected chi connectivity index (χ0v) is 14.8. The topological polar surface area (TPSA) is 61.5 Å². The van der Waals surface area contributed by atoms with Crippen molar-refractivity contribution in [1.29, 1.82) is 0 Å². The molecule has 0 bridgehead atoms. The second-order valence-corrected chi connectivity index (χ2v) is 6.61. The third-order valence-corrected chi connectivity index (χ3v) is 4.73. The second kappa shape index (κ2) is 6.70. The highest BCUT2D eigenvalue weighted by Gasteiger charge is 2.14. The van der Waals surface area contributed by atoms with Crippen molar-refractivity contribution in [3.05, 3.63) is 58.6 Å². The molecule has 6 nitrogen and oxygen atoms in total. The van der Waals surface area contributed by atoms with E-state index in [9.17, 15) is 0 Å². The van der Waals surface area contributed by atoms with Crippen LogP contribution in [0.1, 0.15) is 5.01 Å². The fraction of sp³-hybridized carbons (Fsp3) is 0.118. The van der Waals surface area contributed by atoms with Gasteiger partial charge < -0.3 is 9.47 Å². The van der Waals surface area contributed by atoms with E-state index in [0.717, 1.165) is 16.3 Å². The summed E-state index contributed by atoms with van der Waals surface area (Å²) in [5, 5.41) is 14.3. The van der Waals surface area contributed by atoms with Gasteiger partial charge in [0.1, 0.15) is 18.1 Å². The number of hydrogen-bond donors (Lipinski definition) is 0. The average molecular weight is 373 g/mol. The highest BCUT2D eigenvalue weighted by molar-refractivity contribution is 7.16. The number of aromatic nitrogens is 4. The van der Waals surface area contributed by atoms with Crippen LogP contribution in [0.5, 0.6) is 11.5 Å². The van der Waals surface area contributed by atoms with Gasteiger partial charge in [0.15, 0.2) is 10.8 Å². The quantitative estimate of drug-likeness (QED) is 0.528. The van der Waals surface area contributed by atoms with Crippen molar-refractivity contribution in [2.24, 2.45) is 0 Å². The molecule has 8 heteroatoms. The van der Waals surface area contributed by atoms with Gasteiger partial charge in [-0.2, -0.15) is 9.61 Å². The summed E-state index contributed by atoms with van der Waals surface area (Å²) < 4.78 is 12.7. The SMILES string of the molecule is COc1cccc(-c2nnc3sc(COc4ccccc4Cl)nn23)c1. The van der Waals surface area contributed by atoms with Gasteiger partial charge in [-0.1, -0.05) is 47.2 Å². The van der Waals surface area contributed by atoms with Crippen LogP contribution >= 0.6 is 22.9 Å². The van der Waals surface area contributed by atoms with Gasteiger partial charge in [0.05, 0.1) is 12.1 Å². The fourth-order valence-corrected chi connectivity index (χ4v) is 3.30. The van der Waals surface area contributed by atoms with E-state index in [-0.39, 0.29) is 0 Å². The van der Waals surface area contributed by atoms with Crippen LogP contribution in [-0.2, 0) is 6.61 Å². The predicted molar refractivity (Wildman–Crippen MR) is 96.4 cm³/mol. The lowest BCUT2D eigenvalue weighted by molar-refractivity contribution is 0.304. The number of ether oxygens (including phenoxy) is 2. The molecule has 0 amide bonds. The lowest BCUT2D eigenvalue weighted by Gasteiger charge is -2.05. The maximum atomic E-state index is 6.10. The van der Waals surface area contributed by atoms with E-state index in [0.29, 0.717) is 28.2 Å². The van der Waals surface area contributed by atoms with E-state index in [4.69, 9.17) is 21.1 Å². The molecule has 0 unspecified atom stereocenters. The molecule has 126 valence electrons. The van der Waals surface area contributed by atoms with E-state index in [1.807, 2.05) is 42.5 Å². The standard InChI is InChI=1S/C17H13ClN4O2S/c1-23-12-6-4-5-11(9-12)16-19-20-17-22(16)21-15(25-17)10-24-14-8-3-2-7-13(14)18/h2-9H,10H2,1H3. The molecular formula is C17H13ClN4O2S. The second-order valence-electron chi connectivity index (χ2n) is 5.16. The Balaban J connectivity index is 1.61. The minimum Gasteiger partial charge on any atom is -0.497 e. The Hall–Kier alpha value is -2.64. The summed E-state index contributed by atoms with van der Waals surface area (Å²) in [7, 11) is 1.63. The molecule has 4 rings (SSSR count). The molecule has 0 fully saturated rings. The van der Waals surface area contributed by atoms with Crippen molar-refractivity contribution in [2.75, 3.05) is 7.11 Å². The Bertz CT molecular complexity index is 1030. The van der Waals surface area contributed by atoms with Crippen LogP contribution < -0.4 is 9.47 Å². The number of nitrogens with zero attached hydrogens (tertiary/aromatic N) is 4. The van der Waals surface area contributed by atoms with Crippen LogP contribution in [0.2, 0.25) is 5.02 Å². The number of hydrogen-bond acceptors (Lipinski definition) is 6. The number of para-hydroxylation sites is 1. The predicted octanol–water partition coefficient (Wildman–Crippen LogP) is 4.09. The summed E-state index contributed by atoms with van der Waals surface area (Å²) in [5.74, 6) is 2.05. The molecule has 25 heavy (non-hydrogen) atoms. The lowest BCUT2D eigenvalue weighted by Crippen LogP contribution is -1.98. The molecule has 2 aromatic carbocycles. The van der Waals surface area contributed by atoms with Crippen LogP contribution in [0.4, 0.5) is 0 Å². The van der Waals surface area contributed by atoms with E-state index in [1.54, 1.807) is 17.7 Å². The van der Waals surface area contributed by atoms with Crippen molar-refractivity contribution in [3.63, 3.8) is 0 Å². The van der Waals surface area contributed by atoms with E-state index >= 15 is 0 Å². The number of fused-ring (bicyclic) bond motifs is 1. The normalized spacial score (nSPS) is 11.0. The van der Waals surface area contributed by atoms with Crippen molar-refractivity contribution in [1.82, 2.24) is 19.8 Å². The highest BCUT2D eigenvalue weighted by atomic mass is 35.5. The Morgan fingerprint density at radius 3 is 2.84 bits per heavy atom. The van der Waals surface area contributed by atoms with Gasteiger partial charge in [-0.25, -0.2) is 0 Å². The Morgan fingerprint density at radius 1 is 1.12 bits per heavy atom. The molecule has 2 heterocycles. The summed E-state index contributed by atoms with van der Waals surface area (Å²) in [4.78, 5) is 0.704. The van der Waals surface area contributed by atoms with Gasteiger partial charge in [-0.3, -0.25) is 0 Å². The van der Waals surface area contributed by atoms with Crippen molar-refractivity contribution < 1.29 is 9.47 Å². The van der Waals surface area contributed by atoms with Gasteiger partial charge in [-0.05, 0) is 24.3 Å². The highest BCUT2D eigenvalue weighted by Crippen LogP contribution is 2.27. The van der Waals surface area contributed by atoms with E-state index < -0.39 is 0 Å². The minimum atomic E-state index is 0.315. The summed E-state index contributed by atoms with van der Waals surface area (Å²) in [5.41, 5.74) is 0.885. The fourth-order valence-electron chi connectivity index (χ4n) is 2.36. The Labute approximate surface area is 152 Å². The lowest BCUT2D eigenvalue weighted by atomic mass is 10.2. The molecule has 0 saturated heterocycles. The van der Waals surface area contributed by atoms with E-state index in [1.165, 1.54) is 11.3 Å². The Morgan fingerprint density at radius 2 is 2.00 bits per heavy atom. The molecule has 0 aliphatic heterocycles. The number of halogens is 1. The first-order chi connectivity index (χ1) is 12.2. The molecule has 0 saturated carbocycles. The number of methoxy groups -OCH3 is 1. The first-order valence-electron chi connectivity index (χ1n) is 7.47. The molecular weight excluding hydrogens is 360 g/mol. The molecule has 0 atom stereocenters. The van der Waals surface area contributed by atoms with Gasteiger partial charge in [-0.15, -0.1) is 10.2 Å². The maximum Gasteiger partial charge on any atom is 0.235 e. The Kier molecular flexibility index (Phi) is 4.25. The molecule has 0 N–H and O–H groups in total. The van der Waals surface area contributed by atoms with Crippen molar-refractivity contribution in [3.8, 4) is 22.9 Å². The average Bonchev–Trinajstić information content (AvgIpc) is 3.21. The first kappa shape index (κ1) is 15.9. The van der Waals surface area contributed by atoms with Crippen LogP contribution in [0.15, 0.2) is 48.5 Å². The molecule has 0 aliphatic rings. The summed E-state index contributed by atoms with van der Waals surface area (Å²) in [6, 6.07) is 15.0. The number of benzene rings is 2. The van der Waals surface area contributed by atoms with Gasteiger partial charge in [0, 0.05) is 5.56 Å². The van der Waals surface area contributed by atoms with Crippen LogP contribution in [0, 0.1) is 0 Å². The molecule has 2 aromatic heterocycles. The largest absolute Gasteiger partial charge is 0.497 e. The van der Waals surface area contributed by atoms with Crippen molar-refractivity contribution >= 4 is 27.9 Å². The van der Waals surface area contributed by atoms with Crippen LogP contribution in [0.3, 0.4) is 0 Å². The third kappa shape index (κ3) is 3.16. The van der Waals surface area contributed by atoms with Gasteiger partial charge in [0.2, 0.25) is 4.96 Å². The first-order valence-corrected chi connectivity index (χ1v) is 8.67. The third-order valence-electron chi connectivity index (χ3n) is 3.55. The number of rotatable bonds is 5. The zero-order valence-electron chi connectivity index (χ0n) is 13.2. The summed E-state index contributed by atoms with van der Waals surface area (Å²) in [6.45, 7) is 0.315. The summed E-state index contributed by atoms with van der Waals surface area (Å²) >= 11 is 7.53. The van der Waals surface area contributed by atoms with E-state index in [2.05, 4.69) is 15.3 Å². The molecule has 0 radical (unpaired) electrons. The van der Waals surface area contributed by atoms with Gasteiger partial charge in [0.25, 0.3) is 0 Å². The van der Waals surface area contributed by atoms with Gasteiger partial charge >= 0.3 is 0 Å². The smallest absolute Gasteiger partial charge is 0.235 e. The molecule has 0 spiro atoms. The maximum absolute atomic E-state index is 6.10. The van der Waals surface area contributed by atoms with Crippen molar-refractivity contribution in [2.45, 2.75) is 6.61 Å².